The molecule has 1 aliphatic rings. The van der Waals surface area contributed by atoms with Crippen LogP contribution in [0.2, 0.25) is 0 Å². The maximum absolute atomic E-state index is 11.8. The van der Waals surface area contributed by atoms with Gasteiger partial charge in [-0.1, -0.05) is 6.58 Å². The highest BCUT2D eigenvalue weighted by Gasteiger charge is 2.41. The van der Waals surface area contributed by atoms with Gasteiger partial charge >= 0.3 is 0 Å². The van der Waals surface area contributed by atoms with Crippen LogP contribution in [-0.2, 0) is 9.53 Å². The molecule has 0 N–H and O–H groups in total. The predicted octanol–water partition coefficient (Wildman–Crippen LogP) is 2.48. The summed E-state index contributed by atoms with van der Waals surface area (Å²) in [6.45, 7) is 8.01. The van der Waals surface area contributed by atoms with Crippen LogP contribution in [0.3, 0.4) is 0 Å². The molecule has 2 heteroatoms. The molecule has 0 atom stereocenters. The zero-order valence-corrected chi connectivity index (χ0v) is 8.56. The molecule has 1 saturated carbocycles. The van der Waals surface area contributed by atoms with Crippen LogP contribution in [0.15, 0.2) is 12.2 Å². The average Bonchev–Trinajstić information content (AvgIpc) is 2.53. The Bertz CT molecular complexity index is 212. The van der Waals surface area contributed by atoms with Crippen LogP contribution in [-0.4, -0.2) is 18.0 Å². The quantitative estimate of drug-likeness (QED) is 0.624. The zero-order chi connectivity index (χ0) is 9.90. The lowest BCUT2D eigenvalue weighted by Gasteiger charge is -2.27. The molecule has 1 fully saturated rings. The number of rotatable bonds is 4. The molecule has 0 heterocycles. The van der Waals surface area contributed by atoms with E-state index in [1.807, 2.05) is 6.92 Å². The second kappa shape index (κ2) is 4.05. The number of hydrogen-bond acceptors (Lipinski definition) is 2. The maximum atomic E-state index is 11.8. The highest BCUT2D eigenvalue weighted by atomic mass is 16.5. The molecule has 0 aromatic carbocycles. The third kappa shape index (κ3) is 1.99. The Balaban J connectivity index is 2.77. The monoisotopic (exact) mass is 182 g/mol. The van der Waals surface area contributed by atoms with Crippen LogP contribution < -0.4 is 0 Å². The average molecular weight is 182 g/mol. The van der Waals surface area contributed by atoms with Gasteiger partial charge in [0.1, 0.15) is 5.60 Å². The first-order valence-electron chi connectivity index (χ1n) is 4.96. The number of Topliss-reactive ketones (excluding diaryl/α,β-unsaturated/α-hetero) is 1. The second-order valence-corrected chi connectivity index (χ2v) is 3.74. The lowest BCUT2D eigenvalue weighted by atomic mass is 9.92. The Labute approximate surface area is 80.0 Å². The highest BCUT2D eigenvalue weighted by Crippen LogP contribution is 2.35. The van der Waals surface area contributed by atoms with Crippen LogP contribution in [0.4, 0.5) is 0 Å². The minimum atomic E-state index is -0.513. The molecule has 1 rings (SSSR count). The van der Waals surface area contributed by atoms with Gasteiger partial charge in [-0.05, 0) is 45.1 Å². The van der Waals surface area contributed by atoms with Crippen LogP contribution in [0.25, 0.3) is 0 Å². The molecule has 0 saturated heterocycles. The molecule has 0 aliphatic heterocycles. The van der Waals surface area contributed by atoms with Crippen LogP contribution in [0, 0.1) is 0 Å². The van der Waals surface area contributed by atoms with E-state index in [2.05, 4.69) is 6.58 Å². The molecule has 0 unspecified atom stereocenters. The number of carbonyl (C=O) groups is 1. The topological polar surface area (TPSA) is 26.3 Å². The predicted molar refractivity (Wildman–Crippen MR) is 52.6 cm³/mol. The van der Waals surface area contributed by atoms with Gasteiger partial charge in [-0.15, -0.1) is 0 Å². The van der Waals surface area contributed by atoms with Crippen molar-refractivity contribution in [3.8, 4) is 0 Å². The first-order valence-corrected chi connectivity index (χ1v) is 4.96. The molecule has 0 radical (unpaired) electrons. The van der Waals surface area contributed by atoms with E-state index in [0.717, 1.165) is 25.7 Å². The maximum Gasteiger partial charge on any atom is 0.189 e. The van der Waals surface area contributed by atoms with Crippen molar-refractivity contribution >= 4 is 5.78 Å². The first-order chi connectivity index (χ1) is 6.12. The van der Waals surface area contributed by atoms with Gasteiger partial charge in [0.25, 0.3) is 0 Å². The van der Waals surface area contributed by atoms with Crippen LogP contribution in [0.5, 0.6) is 0 Å². The SMILES string of the molecule is C=C(C)C(=O)C1(OCC)CCCC1. The normalized spacial score (nSPS) is 20.2. The summed E-state index contributed by atoms with van der Waals surface area (Å²) in [5, 5.41) is 0. The van der Waals surface area contributed by atoms with E-state index < -0.39 is 5.60 Å². The second-order valence-electron chi connectivity index (χ2n) is 3.74. The number of hydrogen-bond donors (Lipinski definition) is 0. The van der Waals surface area contributed by atoms with Gasteiger partial charge in [-0.25, -0.2) is 0 Å². The summed E-state index contributed by atoms with van der Waals surface area (Å²) in [4.78, 5) is 11.8. The zero-order valence-electron chi connectivity index (χ0n) is 8.56. The third-order valence-corrected chi connectivity index (χ3v) is 2.63. The summed E-state index contributed by atoms with van der Waals surface area (Å²) in [5.74, 6) is 0.104. The van der Waals surface area contributed by atoms with E-state index in [1.165, 1.54) is 0 Å². The Morgan fingerprint density at radius 1 is 1.46 bits per heavy atom. The molecule has 2 nitrogen and oxygen atoms in total. The largest absolute Gasteiger partial charge is 0.367 e. The van der Waals surface area contributed by atoms with E-state index in [1.54, 1.807) is 6.92 Å². The van der Waals surface area contributed by atoms with E-state index in [0.29, 0.717) is 12.2 Å². The summed E-state index contributed by atoms with van der Waals surface area (Å²) < 4.78 is 5.60. The van der Waals surface area contributed by atoms with E-state index in [9.17, 15) is 4.79 Å². The molecule has 0 aromatic heterocycles. The first kappa shape index (κ1) is 10.5. The molecular formula is C11H18O2. The van der Waals surface area contributed by atoms with Gasteiger partial charge in [-0.2, -0.15) is 0 Å². The van der Waals surface area contributed by atoms with Gasteiger partial charge in [0, 0.05) is 6.61 Å². The van der Waals surface area contributed by atoms with E-state index >= 15 is 0 Å². The molecule has 0 aromatic rings. The van der Waals surface area contributed by atoms with E-state index in [-0.39, 0.29) is 5.78 Å². The van der Waals surface area contributed by atoms with Crippen molar-refractivity contribution in [2.75, 3.05) is 6.61 Å². The Hall–Kier alpha value is -0.630. The molecule has 13 heavy (non-hydrogen) atoms. The Morgan fingerprint density at radius 3 is 2.38 bits per heavy atom. The third-order valence-electron chi connectivity index (χ3n) is 2.63. The van der Waals surface area contributed by atoms with Gasteiger partial charge in [0.15, 0.2) is 5.78 Å². The van der Waals surface area contributed by atoms with Crippen molar-refractivity contribution in [2.24, 2.45) is 0 Å². The number of ether oxygens (including phenoxy) is 1. The standard InChI is InChI=1S/C11H18O2/c1-4-13-11(7-5-6-8-11)10(12)9(2)3/h2,4-8H2,1,3H3. The number of ketones is 1. The van der Waals surface area contributed by atoms with Crippen molar-refractivity contribution in [2.45, 2.75) is 45.1 Å². The number of carbonyl (C=O) groups excluding carboxylic acids is 1. The van der Waals surface area contributed by atoms with Crippen LogP contribution >= 0.6 is 0 Å². The molecular weight excluding hydrogens is 164 g/mol. The smallest absolute Gasteiger partial charge is 0.189 e. The molecule has 74 valence electrons. The summed E-state index contributed by atoms with van der Waals surface area (Å²) in [7, 11) is 0. The summed E-state index contributed by atoms with van der Waals surface area (Å²) in [5.41, 5.74) is 0.107. The summed E-state index contributed by atoms with van der Waals surface area (Å²) in [6.07, 6.45) is 3.93. The van der Waals surface area contributed by atoms with Gasteiger partial charge in [0.2, 0.25) is 0 Å². The fourth-order valence-electron chi connectivity index (χ4n) is 2.05. The fraction of sp³-hybridized carbons (Fsp3) is 0.727. The fourth-order valence-corrected chi connectivity index (χ4v) is 2.05. The minimum absolute atomic E-state index is 0.104. The minimum Gasteiger partial charge on any atom is -0.367 e. The van der Waals surface area contributed by atoms with Gasteiger partial charge < -0.3 is 4.74 Å². The lowest BCUT2D eigenvalue weighted by molar-refractivity contribution is -0.139. The lowest BCUT2D eigenvalue weighted by Crippen LogP contribution is -2.39. The van der Waals surface area contributed by atoms with Crippen molar-refractivity contribution in [1.82, 2.24) is 0 Å². The summed E-state index contributed by atoms with van der Waals surface area (Å²) in [6, 6.07) is 0. The van der Waals surface area contributed by atoms with Crippen molar-refractivity contribution in [1.29, 1.82) is 0 Å². The van der Waals surface area contributed by atoms with E-state index in [4.69, 9.17) is 4.74 Å². The molecule has 1 aliphatic carbocycles. The Kier molecular flexibility index (Phi) is 3.26. The van der Waals surface area contributed by atoms with Crippen molar-refractivity contribution in [3.63, 3.8) is 0 Å². The summed E-state index contributed by atoms with van der Waals surface area (Å²) >= 11 is 0. The van der Waals surface area contributed by atoms with Crippen molar-refractivity contribution in [3.05, 3.63) is 12.2 Å². The van der Waals surface area contributed by atoms with Gasteiger partial charge in [-0.3, -0.25) is 4.79 Å². The van der Waals surface area contributed by atoms with Crippen molar-refractivity contribution < 1.29 is 9.53 Å². The molecule has 0 spiro atoms. The Morgan fingerprint density at radius 2 is 2.00 bits per heavy atom. The molecule has 0 amide bonds. The van der Waals surface area contributed by atoms with Crippen LogP contribution in [0.1, 0.15) is 39.5 Å². The molecule has 0 bridgehead atoms. The van der Waals surface area contributed by atoms with Gasteiger partial charge in [0.05, 0.1) is 0 Å². The highest BCUT2D eigenvalue weighted by molar-refractivity contribution is 6.01.